The monoisotopic (exact) mass is 500 g/mol. The van der Waals surface area contributed by atoms with Gasteiger partial charge < -0.3 is 0 Å². The molecule has 0 N–H and O–H groups in total. The predicted octanol–water partition coefficient (Wildman–Crippen LogP) is 10.0. The Morgan fingerprint density at radius 1 is 0.857 bits per heavy atom. The van der Waals surface area contributed by atoms with E-state index >= 15 is 0 Å². The molecule has 1 unspecified atom stereocenters. The Labute approximate surface area is 220 Å². The van der Waals surface area contributed by atoms with Crippen molar-refractivity contribution < 1.29 is 4.79 Å². The normalized spacial score (nSPS) is 43.8. The van der Waals surface area contributed by atoms with Crippen LogP contribution in [0.2, 0.25) is 25.2 Å². The van der Waals surface area contributed by atoms with Gasteiger partial charge in [0.2, 0.25) is 0 Å². The number of hydrogen-bond donors (Lipinski definition) is 0. The minimum absolute atomic E-state index is 0.405. The van der Waals surface area contributed by atoms with E-state index < -0.39 is 8.07 Å². The number of carbonyl (C=O) groups is 1. The molecule has 0 spiro atoms. The van der Waals surface area contributed by atoms with Gasteiger partial charge in [0.1, 0.15) is 5.78 Å². The lowest BCUT2D eigenvalue weighted by Gasteiger charge is -2.57. The summed E-state index contributed by atoms with van der Waals surface area (Å²) < 4.78 is 0. The molecule has 0 saturated heterocycles. The minimum Gasteiger partial charge on any atom is -0.300 e. The van der Waals surface area contributed by atoms with Crippen molar-refractivity contribution in [1.82, 2.24) is 0 Å². The summed E-state index contributed by atoms with van der Waals surface area (Å²) in [6.45, 7) is 22.7. The van der Waals surface area contributed by atoms with Gasteiger partial charge >= 0.3 is 0 Å². The number of Topliss-reactive ketones (excluding diaryl/α,β-unsaturated/α-hetero) is 1. The third-order valence-electron chi connectivity index (χ3n) is 13.0. The van der Waals surface area contributed by atoms with Crippen molar-refractivity contribution in [2.75, 3.05) is 0 Å². The minimum atomic E-state index is -1.54. The van der Waals surface area contributed by atoms with E-state index in [4.69, 9.17) is 0 Å². The van der Waals surface area contributed by atoms with Gasteiger partial charge in [-0.05, 0) is 103 Å². The first-order chi connectivity index (χ1) is 16.3. The fraction of sp³-hybridized carbons (Fsp3) is 0.970. The molecule has 0 bridgehead atoms. The van der Waals surface area contributed by atoms with E-state index in [1.54, 1.807) is 0 Å². The van der Waals surface area contributed by atoms with Crippen LogP contribution in [0.4, 0.5) is 0 Å². The lowest BCUT2D eigenvalue weighted by Crippen LogP contribution is -2.50. The van der Waals surface area contributed by atoms with Gasteiger partial charge in [-0.25, -0.2) is 0 Å². The number of hydrogen-bond acceptors (Lipinski definition) is 1. The number of ketones is 1. The van der Waals surface area contributed by atoms with E-state index in [2.05, 4.69) is 61.2 Å². The van der Waals surface area contributed by atoms with Gasteiger partial charge in [0.15, 0.2) is 0 Å². The molecule has 0 aromatic carbocycles. The molecule has 4 fully saturated rings. The molecule has 2 heteroatoms. The van der Waals surface area contributed by atoms with Crippen LogP contribution in [0.3, 0.4) is 0 Å². The highest BCUT2D eigenvalue weighted by Gasteiger charge is 2.62. The second-order valence-electron chi connectivity index (χ2n) is 15.9. The van der Waals surface area contributed by atoms with Crippen molar-refractivity contribution in [3.63, 3.8) is 0 Å². The highest BCUT2D eigenvalue weighted by atomic mass is 28.3. The molecule has 35 heavy (non-hydrogen) atoms. The Morgan fingerprint density at radius 2 is 1.54 bits per heavy atom. The van der Waals surface area contributed by atoms with Crippen molar-refractivity contribution in [1.29, 1.82) is 0 Å². The zero-order chi connectivity index (χ0) is 25.8. The molecule has 0 amide bonds. The van der Waals surface area contributed by atoms with E-state index in [1.165, 1.54) is 70.6 Å². The largest absolute Gasteiger partial charge is 0.300 e. The Kier molecular flexibility index (Phi) is 8.15. The van der Waals surface area contributed by atoms with Crippen molar-refractivity contribution in [3.8, 4) is 0 Å². The summed E-state index contributed by atoms with van der Waals surface area (Å²) in [6.07, 6.45) is 16.2. The Hall–Kier alpha value is -0.113. The third kappa shape index (κ3) is 4.90. The first-order valence-electron chi connectivity index (χ1n) is 15.9. The van der Waals surface area contributed by atoms with Crippen molar-refractivity contribution in [3.05, 3.63) is 0 Å². The van der Waals surface area contributed by atoms with Crippen molar-refractivity contribution >= 4 is 13.9 Å². The van der Waals surface area contributed by atoms with Gasteiger partial charge in [0.25, 0.3) is 0 Å². The molecule has 0 radical (unpaired) electrons. The summed E-state index contributed by atoms with van der Waals surface area (Å²) in [5, 5.41) is 0. The lowest BCUT2D eigenvalue weighted by atomic mass is 9.49. The van der Waals surface area contributed by atoms with Crippen LogP contribution in [0, 0.1) is 58.2 Å². The molecular formula is C33H60OSi. The molecule has 0 aromatic heterocycles. The Morgan fingerprint density at radius 3 is 2.17 bits per heavy atom. The smallest absolute Gasteiger partial charge is 0.133 e. The van der Waals surface area contributed by atoms with Crippen LogP contribution in [0.25, 0.3) is 0 Å². The average Bonchev–Trinajstić information content (AvgIpc) is 3.07. The summed E-state index contributed by atoms with van der Waals surface area (Å²) in [5.74, 6) is 7.06. The molecule has 4 rings (SSSR count). The molecule has 0 heterocycles. The maximum Gasteiger partial charge on any atom is 0.133 e. The van der Waals surface area contributed by atoms with Crippen LogP contribution in [0.5, 0.6) is 0 Å². The van der Waals surface area contributed by atoms with E-state index in [-0.39, 0.29) is 0 Å². The van der Waals surface area contributed by atoms with Crippen molar-refractivity contribution in [2.24, 2.45) is 58.2 Å². The van der Waals surface area contributed by atoms with Gasteiger partial charge in [0, 0.05) is 12.0 Å². The van der Waals surface area contributed by atoms with Gasteiger partial charge in [0.05, 0.1) is 8.07 Å². The van der Waals surface area contributed by atoms with Crippen LogP contribution in [-0.2, 0) is 4.79 Å². The fourth-order valence-corrected chi connectivity index (χ4v) is 14.0. The van der Waals surface area contributed by atoms with Gasteiger partial charge in [-0.15, -0.1) is 0 Å². The van der Waals surface area contributed by atoms with E-state index in [0.717, 1.165) is 41.9 Å². The van der Waals surface area contributed by atoms with Gasteiger partial charge in [-0.1, -0.05) is 86.9 Å². The summed E-state index contributed by atoms with van der Waals surface area (Å²) in [7, 11) is -1.54. The second kappa shape index (κ2) is 10.2. The maximum absolute atomic E-state index is 14.1. The van der Waals surface area contributed by atoms with Crippen LogP contribution in [-0.4, -0.2) is 13.9 Å². The zero-order valence-corrected chi connectivity index (χ0v) is 26.1. The molecule has 4 aliphatic rings. The molecule has 0 aliphatic heterocycles. The van der Waals surface area contributed by atoms with Crippen LogP contribution >= 0.6 is 0 Å². The molecule has 10 atom stereocenters. The Balaban J connectivity index is 1.59. The molecule has 4 aliphatic carbocycles. The van der Waals surface area contributed by atoms with Crippen LogP contribution in [0.15, 0.2) is 0 Å². The standard InChI is InChI=1S/C33H60OSi/c1-10-24(22(2)3)15-14-23(4)26-16-17-27-25-21-30(34)31(35(7,8)9)29-13-11-12-19-32(29,5)28(25)18-20-33(26,27)6/h22-29,31H,10-21H2,1-9H3/t23-,24-,25+,26-,27+,28+,29-,31?,32-,33-/m1/s1. The summed E-state index contributed by atoms with van der Waals surface area (Å²) >= 11 is 0. The molecule has 1 nitrogen and oxygen atoms in total. The number of fused-ring (bicyclic) bond motifs is 5. The topological polar surface area (TPSA) is 17.1 Å². The maximum atomic E-state index is 14.1. The highest BCUT2D eigenvalue weighted by Crippen LogP contribution is 2.68. The first-order valence-corrected chi connectivity index (χ1v) is 19.4. The quantitative estimate of drug-likeness (QED) is 0.318. The van der Waals surface area contributed by atoms with E-state index in [1.807, 2.05) is 0 Å². The van der Waals surface area contributed by atoms with Crippen LogP contribution in [0.1, 0.15) is 119 Å². The number of carbonyl (C=O) groups excluding carboxylic acids is 1. The Bertz CT molecular complexity index is 751. The molecular weight excluding hydrogens is 440 g/mol. The van der Waals surface area contributed by atoms with Gasteiger partial charge in [-0.3, -0.25) is 4.79 Å². The predicted molar refractivity (Wildman–Crippen MR) is 154 cm³/mol. The van der Waals surface area contributed by atoms with Crippen molar-refractivity contribution in [2.45, 2.75) is 144 Å². The molecule has 4 saturated carbocycles. The SMILES string of the molecule is CC[C@H](CC[C@@H](C)[C@H]1CC[C@H]2[C@@H]3CC(=O)C([Si](C)(C)C)[C@H]4CCCC[C@]4(C)[C@H]3CC[C@]12C)C(C)C. The zero-order valence-electron chi connectivity index (χ0n) is 25.1. The lowest BCUT2D eigenvalue weighted by molar-refractivity contribution is -0.121. The number of rotatable bonds is 7. The van der Waals surface area contributed by atoms with Gasteiger partial charge in [-0.2, -0.15) is 0 Å². The van der Waals surface area contributed by atoms with Crippen LogP contribution < -0.4 is 0 Å². The summed E-state index contributed by atoms with van der Waals surface area (Å²) in [6, 6.07) is 0. The third-order valence-corrected chi connectivity index (χ3v) is 15.5. The fourth-order valence-electron chi connectivity index (χ4n) is 11.1. The molecule has 0 aromatic rings. The highest BCUT2D eigenvalue weighted by molar-refractivity contribution is 6.80. The summed E-state index contributed by atoms with van der Waals surface area (Å²) in [5.41, 5.74) is 1.29. The molecule has 202 valence electrons. The first kappa shape index (κ1) is 27.9. The average molecular weight is 501 g/mol. The van der Waals surface area contributed by atoms with E-state index in [0.29, 0.717) is 34.0 Å². The van der Waals surface area contributed by atoms with E-state index in [9.17, 15) is 4.79 Å². The summed E-state index contributed by atoms with van der Waals surface area (Å²) in [4.78, 5) is 14.1. The second-order valence-corrected chi connectivity index (χ2v) is 21.3.